The summed E-state index contributed by atoms with van der Waals surface area (Å²) in [5.74, 6) is -0.537. The van der Waals surface area contributed by atoms with Crippen molar-refractivity contribution in [2.75, 3.05) is 27.4 Å². The summed E-state index contributed by atoms with van der Waals surface area (Å²) in [4.78, 5) is 17.4. The Morgan fingerprint density at radius 1 is 1.29 bits per heavy atom. The lowest BCUT2D eigenvalue weighted by atomic mass is 10.5. The second-order valence-electron chi connectivity index (χ2n) is 2.70. The Labute approximate surface area is 96.1 Å². The Kier molecular flexibility index (Phi) is 4.40. The number of nitrogens with zero attached hydrogens (tertiary/aromatic N) is 3. The molecule has 0 saturated heterocycles. The maximum absolute atomic E-state index is 10.8. The van der Waals surface area contributed by atoms with Crippen molar-refractivity contribution in [3.05, 3.63) is 10.1 Å². The molecule has 0 aromatic carbocycles. The summed E-state index contributed by atoms with van der Waals surface area (Å²) in [6.07, 6.45) is 0. The number of ether oxygens (including phenoxy) is 3. The predicted octanol–water partition coefficient (Wildman–Crippen LogP) is -0.227. The van der Waals surface area contributed by atoms with E-state index < -0.39 is 10.6 Å². The van der Waals surface area contributed by atoms with Crippen LogP contribution in [0.3, 0.4) is 0 Å². The first-order chi connectivity index (χ1) is 8.13. The molecule has 1 heterocycles. The molecular formula is C8H11N3O6. The van der Waals surface area contributed by atoms with Gasteiger partial charge in [0.2, 0.25) is 0 Å². The number of methoxy groups -OCH3 is 2. The van der Waals surface area contributed by atoms with Crippen LogP contribution >= 0.6 is 0 Å². The summed E-state index contributed by atoms with van der Waals surface area (Å²) >= 11 is 0. The van der Waals surface area contributed by atoms with Crippen LogP contribution in [-0.2, 0) is 0 Å². The van der Waals surface area contributed by atoms with E-state index in [1.807, 2.05) is 0 Å². The van der Waals surface area contributed by atoms with E-state index in [0.717, 1.165) is 0 Å². The van der Waals surface area contributed by atoms with E-state index in [0.29, 0.717) is 0 Å². The van der Waals surface area contributed by atoms with Crippen LogP contribution in [0.2, 0.25) is 0 Å². The molecule has 0 aliphatic heterocycles. The standard InChI is InChI=1S/C8H11N3O6/c1-15-6-5(11(13)14)7(16-2)10-8(9-6)17-4-3-12/h12H,3-4H2,1-2H3. The zero-order chi connectivity index (χ0) is 12.8. The quantitative estimate of drug-likeness (QED) is 0.539. The molecule has 0 spiro atoms. The van der Waals surface area contributed by atoms with Crippen molar-refractivity contribution in [2.24, 2.45) is 0 Å². The SMILES string of the molecule is COc1nc(OCCO)nc(OC)c1[N+](=O)[O-]. The number of rotatable bonds is 6. The summed E-state index contributed by atoms with van der Waals surface area (Å²) < 4.78 is 14.4. The van der Waals surface area contributed by atoms with Crippen LogP contribution in [0.15, 0.2) is 0 Å². The van der Waals surface area contributed by atoms with Gasteiger partial charge in [0.1, 0.15) is 6.61 Å². The Morgan fingerprint density at radius 3 is 2.18 bits per heavy atom. The topological polar surface area (TPSA) is 117 Å². The molecule has 1 aromatic rings. The lowest BCUT2D eigenvalue weighted by molar-refractivity contribution is -0.387. The largest absolute Gasteiger partial charge is 0.476 e. The van der Waals surface area contributed by atoms with Gasteiger partial charge >= 0.3 is 23.5 Å². The monoisotopic (exact) mass is 245 g/mol. The van der Waals surface area contributed by atoms with Crippen LogP contribution in [-0.4, -0.2) is 47.4 Å². The van der Waals surface area contributed by atoms with E-state index in [-0.39, 0.29) is 31.0 Å². The van der Waals surface area contributed by atoms with Gasteiger partial charge in [0, 0.05) is 0 Å². The highest BCUT2D eigenvalue weighted by molar-refractivity contribution is 5.50. The fourth-order valence-electron chi connectivity index (χ4n) is 1.04. The van der Waals surface area contributed by atoms with E-state index in [4.69, 9.17) is 19.3 Å². The Balaban J connectivity index is 3.19. The van der Waals surface area contributed by atoms with Crippen molar-refractivity contribution < 1.29 is 24.2 Å². The summed E-state index contributed by atoms with van der Waals surface area (Å²) in [7, 11) is 2.45. The van der Waals surface area contributed by atoms with Crippen molar-refractivity contribution >= 4 is 5.69 Å². The summed E-state index contributed by atoms with van der Waals surface area (Å²) in [6.45, 7) is -0.269. The minimum absolute atomic E-state index is 0.0376. The molecule has 9 nitrogen and oxygen atoms in total. The molecule has 17 heavy (non-hydrogen) atoms. The molecule has 0 aliphatic rings. The number of hydrogen-bond acceptors (Lipinski definition) is 8. The Hall–Kier alpha value is -2.16. The van der Waals surface area contributed by atoms with Crippen molar-refractivity contribution in [2.45, 2.75) is 0 Å². The second-order valence-corrected chi connectivity index (χ2v) is 2.70. The molecule has 0 fully saturated rings. The average molecular weight is 245 g/mol. The van der Waals surface area contributed by atoms with Gasteiger partial charge in [0.05, 0.1) is 25.7 Å². The number of aliphatic hydroxyl groups is 1. The van der Waals surface area contributed by atoms with Gasteiger partial charge in [-0.3, -0.25) is 10.1 Å². The first-order valence-electron chi connectivity index (χ1n) is 4.52. The maximum Gasteiger partial charge on any atom is 0.392 e. The molecule has 0 amide bonds. The molecule has 0 aliphatic carbocycles. The Bertz CT molecular complexity index is 385. The van der Waals surface area contributed by atoms with Gasteiger partial charge in [-0.25, -0.2) is 0 Å². The summed E-state index contributed by atoms with van der Waals surface area (Å²) in [5, 5.41) is 19.3. The molecule has 9 heteroatoms. The Morgan fingerprint density at radius 2 is 1.82 bits per heavy atom. The van der Waals surface area contributed by atoms with Gasteiger partial charge in [-0.15, -0.1) is 0 Å². The molecule has 1 N–H and O–H groups in total. The van der Waals surface area contributed by atoms with Crippen molar-refractivity contribution in [1.29, 1.82) is 0 Å². The number of aromatic nitrogens is 2. The maximum atomic E-state index is 10.8. The van der Waals surface area contributed by atoms with E-state index in [1.54, 1.807) is 0 Å². The van der Waals surface area contributed by atoms with Gasteiger partial charge in [-0.05, 0) is 0 Å². The van der Waals surface area contributed by atoms with Crippen LogP contribution in [0.5, 0.6) is 17.8 Å². The lowest BCUT2D eigenvalue weighted by Gasteiger charge is -2.07. The average Bonchev–Trinajstić information content (AvgIpc) is 2.34. The zero-order valence-corrected chi connectivity index (χ0v) is 9.24. The molecular weight excluding hydrogens is 234 g/mol. The fourth-order valence-corrected chi connectivity index (χ4v) is 1.04. The van der Waals surface area contributed by atoms with Crippen molar-refractivity contribution in [1.82, 2.24) is 9.97 Å². The molecule has 1 rings (SSSR count). The third-order valence-corrected chi connectivity index (χ3v) is 1.69. The molecule has 0 unspecified atom stereocenters. The van der Waals surface area contributed by atoms with Gasteiger partial charge < -0.3 is 19.3 Å². The van der Waals surface area contributed by atoms with Gasteiger partial charge in [0.15, 0.2) is 0 Å². The van der Waals surface area contributed by atoms with Crippen molar-refractivity contribution in [3.63, 3.8) is 0 Å². The molecule has 0 bridgehead atoms. The first kappa shape index (κ1) is 12.9. The predicted molar refractivity (Wildman–Crippen MR) is 54.4 cm³/mol. The van der Waals surface area contributed by atoms with Crippen molar-refractivity contribution in [3.8, 4) is 17.8 Å². The van der Waals surface area contributed by atoms with E-state index in [9.17, 15) is 10.1 Å². The third-order valence-electron chi connectivity index (χ3n) is 1.69. The number of nitro groups is 1. The summed E-state index contributed by atoms with van der Waals surface area (Å²) in [5.41, 5.74) is -0.480. The van der Waals surface area contributed by atoms with Gasteiger partial charge in [0.25, 0.3) is 0 Å². The normalized spacial score (nSPS) is 9.82. The van der Waals surface area contributed by atoms with Crippen LogP contribution in [0.25, 0.3) is 0 Å². The van der Waals surface area contributed by atoms with Crippen LogP contribution in [0.4, 0.5) is 5.69 Å². The zero-order valence-electron chi connectivity index (χ0n) is 9.24. The number of hydrogen-bond donors (Lipinski definition) is 1. The van der Waals surface area contributed by atoms with Crippen LogP contribution in [0.1, 0.15) is 0 Å². The van der Waals surface area contributed by atoms with Gasteiger partial charge in [-0.1, -0.05) is 0 Å². The van der Waals surface area contributed by atoms with E-state index in [2.05, 4.69) is 9.97 Å². The highest BCUT2D eigenvalue weighted by atomic mass is 16.6. The molecule has 94 valence electrons. The van der Waals surface area contributed by atoms with Crippen LogP contribution < -0.4 is 14.2 Å². The highest BCUT2D eigenvalue weighted by Gasteiger charge is 2.27. The van der Waals surface area contributed by atoms with Crippen LogP contribution in [0, 0.1) is 10.1 Å². The molecule has 0 atom stereocenters. The molecule has 1 aromatic heterocycles. The fraction of sp³-hybridized carbons (Fsp3) is 0.500. The smallest absolute Gasteiger partial charge is 0.392 e. The molecule has 0 saturated carbocycles. The van der Waals surface area contributed by atoms with E-state index in [1.165, 1.54) is 14.2 Å². The second kappa shape index (κ2) is 5.80. The minimum Gasteiger partial charge on any atom is -0.476 e. The van der Waals surface area contributed by atoms with Gasteiger partial charge in [-0.2, -0.15) is 9.97 Å². The molecule has 0 radical (unpaired) electrons. The van der Waals surface area contributed by atoms with E-state index >= 15 is 0 Å². The minimum atomic E-state index is -0.715. The highest BCUT2D eigenvalue weighted by Crippen LogP contribution is 2.34. The lowest BCUT2D eigenvalue weighted by Crippen LogP contribution is -2.08. The summed E-state index contributed by atoms with van der Waals surface area (Å²) in [6, 6.07) is -0.168. The first-order valence-corrected chi connectivity index (χ1v) is 4.52. The number of aliphatic hydroxyl groups excluding tert-OH is 1. The third kappa shape index (κ3) is 2.91.